The maximum Gasteiger partial charge on any atom is 0.407 e. The Hall–Kier alpha value is -1.56. The largest absolute Gasteiger partial charge is 0.493 e. The number of methoxy groups -OCH3 is 2. The van der Waals surface area contributed by atoms with E-state index in [0.29, 0.717) is 24.5 Å². The lowest BCUT2D eigenvalue weighted by molar-refractivity contribution is 0.156. The molecule has 0 saturated carbocycles. The number of thiol groups is 1. The van der Waals surface area contributed by atoms with Crippen LogP contribution in [0, 0.1) is 0 Å². The fourth-order valence-electron chi connectivity index (χ4n) is 1.49. The van der Waals surface area contributed by atoms with Crippen LogP contribution in [0.4, 0.5) is 4.79 Å². The Kier molecular flexibility index (Phi) is 5.15. The zero-order valence-electron chi connectivity index (χ0n) is 10.6. The van der Waals surface area contributed by atoms with Crippen LogP contribution < -0.4 is 9.47 Å². The number of benzene rings is 1. The Bertz CT molecular complexity index is 436. The summed E-state index contributed by atoms with van der Waals surface area (Å²) in [5, 5.41) is 8.77. The monoisotopic (exact) mass is 271 g/mol. The van der Waals surface area contributed by atoms with Gasteiger partial charge in [0.15, 0.2) is 11.5 Å². The van der Waals surface area contributed by atoms with E-state index in [9.17, 15) is 4.79 Å². The molecule has 0 unspecified atom stereocenters. The normalized spacial score (nSPS) is 10.0. The van der Waals surface area contributed by atoms with E-state index in [1.54, 1.807) is 20.3 Å². The van der Waals surface area contributed by atoms with Gasteiger partial charge < -0.3 is 19.5 Å². The molecule has 0 aromatic heterocycles. The molecule has 0 aliphatic rings. The number of carbonyl (C=O) groups is 1. The van der Waals surface area contributed by atoms with Crippen molar-refractivity contribution in [3.63, 3.8) is 0 Å². The number of amides is 1. The van der Waals surface area contributed by atoms with Crippen LogP contribution in [0.1, 0.15) is 5.56 Å². The zero-order valence-corrected chi connectivity index (χ0v) is 11.5. The van der Waals surface area contributed by atoms with Crippen molar-refractivity contribution in [1.29, 1.82) is 0 Å². The van der Waals surface area contributed by atoms with Crippen molar-refractivity contribution >= 4 is 18.7 Å². The number of carboxylic acid groups (broad SMARTS) is 1. The number of ether oxygens (including phenoxy) is 2. The number of rotatable bonds is 5. The van der Waals surface area contributed by atoms with Crippen LogP contribution in [0.25, 0.3) is 0 Å². The van der Waals surface area contributed by atoms with E-state index in [0.717, 1.165) is 10.5 Å². The van der Waals surface area contributed by atoms with Crippen molar-refractivity contribution in [3.8, 4) is 11.5 Å². The van der Waals surface area contributed by atoms with Gasteiger partial charge in [0, 0.05) is 18.5 Å². The van der Waals surface area contributed by atoms with E-state index in [2.05, 4.69) is 12.6 Å². The van der Waals surface area contributed by atoms with Gasteiger partial charge in [0.1, 0.15) is 0 Å². The maximum absolute atomic E-state index is 10.7. The summed E-state index contributed by atoms with van der Waals surface area (Å²) in [6.45, 7) is 0.401. The molecule has 1 N–H and O–H groups in total. The first-order chi connectivity index (χ1) is 8.49. The van der Waals surface area contributed by atoms with Gasteiger partial charge in [-0.15, -0.1) is 12.6 Å². The van der Waals surface area contributed by atoms with Crippen LogP contribution in [0.5, 0.6) is 11.5 Å². The topological polar surface area (TPSA) is 59.0 Å². The molecule has 0 spiro atoms. The summed E-state index contributed by atoms with van der Waals surface area (Å²) < 4.78 is 10.4. The minimum absolute atomic E-state index is 0.401. The van der Waals surface area contributed by atoms with Gasteiger partial charge in [-0.05, 0) is 24.1 Å². The second-order valence-electron chi connectivity index (χ2n) is 3.79. The van der Waals surface area contributed by atoms with Crippen molar-refractivity contribution in [3.05, 3.63) is 17.7 Å². The Balaban J connectivity index is 2.86. The molecule has 0 bridgehead atoms. The highest BCUT2D eigenvalue weighted by Crippen LogP contribution is 2.32. The molecule has 0 aliphatic heterocycles. The van der Waals surface area contributed by atoms with Gasteiger partial charge in [-0.2, -0.15) is 0 Å². The third-order valence-electron chi connectivity index (χ3n) is 2.63. The molecule has 0 heterocycles. The molecule has 6 heteroatoms. The van der Waals surface area contributed by atoms with Gasteiger partial charge in [-0.25, -0.2) is 4.79 Å². The zero-order chi connectivity index (χ0) is 13.7. The van der Waals surface area contributed by atoms with Crippen LogP contribution in [-0.2, 0) is 6.42 Å². The van der Waals surface area contributed by atoms with Crippen LogP contribution in [0.3, 0.4) is 0 Å². The number of nitrogens with zero attached hydrogens (tertiary/aromatic N) is 1. The average Bonchev–Trinajstić information content (AvgIpc) is 2.36. The quantitative estimate of drug-likeness (QED) is 0.806. The molecule has 18 heavy (non-hydrogen) atoms. The minimum Gasteiger partial charge on any atom is -0.493 e. The van der Waals surface area contributed by atoms with E-state index in [-0.39, 0.29) is 0 Å². The molecule has 0 saturated heterocycles. The summed E-state index contributed by atoms with van der Waals surface area (Å²) in [6.07, 6.45) is -0.377. The third-order valence-corrected chi connectivity index (χ3v) is 3.04. The van der Waals surface area contributed by atoms with Gasteiger partial charge in [0.2, 0.25) is 0 Å². The summed E-state index contributed by atoms with van der Waals surface area (Å²) in [4.78, 5) is 12.7. The van der Waals surface area contributed by atoms with Crippen molar-refractivity contribution in [2.75, 3.05) is 27.8 Å². The molecule has 0 atom stereocenters. The number of hydrogen-bond donors (Lipinski definition) is 2. The summed E-state index contributed by atoms with van der Waals surface area (Å²) >= 11 is 4.36. The molecule has 1 aromatic rings. The summed E-state index contributed by atoms with van der Waals surface area (Å²) in [6, 6.07) is 3.58. The van der Waals surface area contributed by atoms with Gasteiger partial charge >= 0.3 is 6.09 Å². The van der Waals surface area contributed by atoms with Crippen LogP contribution in [0.2, 0.25) is 0 Å². The molecule has 0 aliphatic carbocycles. The summed E-state index contributed by atoms with van der Waals surface area (Å²) in [7, 11) is 4.65. The van der Waals surface area contributed by atoms with Gasteiger partial charge in [-0.1, -0.05) is 0 Å². The smallest absolute Gasteiger partial charge is 0.407 e. The second-order valence-corrected chi connectivity index (χ2v) is 4.27. The van der Waals surface area contributed by atoms with Crippen molar-refractivity contribution in [2.24, 2.45) is 0 Å². The first-order valence-electron chi connectivity index (χ1n) is 5.37. The van der Waals surface area contributed by atoms with E-state index >= 15 is 0 Å². The van der Waals surface area contributed by atoms with Crippen molar-refractivity contribution in [2.45, 2.75) is 11.3 Å². The van der Waals surface area contributed by atoms with Crippen LogP contribution >= 0.6 is 12.6 Å². The predicted molar refractivity (Wildman–Crippen MR) is 71.2 cm³/mol. The Morgan fingerprint density at radius 2 is 1.89 bits per heavy atom. The Morgan fingerprint density at radius 3 is 2.39 bits per heavy atom. The fraction of sp³-hybridized carbons (Fsp3) is 0.417. The standard InChI is InChI=1S/C12H17NO4S/c1-13(12(14)15)5-4-8-6-9(16-2)10(17-3)7-11(8)18/h6-7,18H,4-5H2,1-3H3,(H,14,15). The van der Waals surface area contributed by atoms with Gasteiger partial charge in [0.25, 0.3) is 0 Å². The highest BCUT2D eigenvalue weighted by atomic mass is 32.1. The summed E-state index contributed by atoms with van der Waals surface area (Å²) in [5.41, 5.74) is 0.920. The highest BCUT2D eigenvalue weighted by Gasteiger charge is 2.11. The van der Waals surface area contributed by atoms with Gasteiger partial charge in [0.05, 0.1) is 14.2 Å². The number of hydrogen-bond acceptors (Lipinski definition) is 4. The molecule has 1 aromatic carbocycles. The lowest BCUT2D eigenvalue weighted by atomic mass is 10.1. The van der Waals surface area contributed by atoms with E-state index in [1.165, 1.54) is 11.9 Å². The van der Waals surface area contributed by atoms with E-state index in [1.807, 2.05) is 6.07 Å². The van der Waals surface area contributed by atoms with Gasteiger partial charge in [-0.3, -0.25) is 0 Å². The predicted octanol–water partition coefficient (Wildman–Crippen LogP) is 2.14. The molecular weight excluding hydrogens is 254 g/mol. The summed E-state index contributed by atoms with van der Waals surface area (Å²) in [5.74, 6) is 1.22. The third kappa shape index (κ3) is 3.46. The lowest BCUT2D eigenvalue weighted by Gasteiger charge is -2.15. The van der Waals surface area contributed by atoms with E-state index < -0.39 is 6.09 Å². The van der Waals surface area contributed by atoms with Crippen LogP contribution in [-0.4, -0.2) is 43.9 Å². The molecule has 1 rings (SSSR count). The average molecular weight is 271 g/mol. The second kappa shape index (κ2) is 6.39. The van der Waals surface area contributed by atoms with Crippen molar-refractivity contribution < 1.29 is 19.4 Å². The van der Waals surface area contributed by atoms with Crippen LogP contribution in [0.15, 0.2) is 17.0 Å². The molecule has 100 valence electrons. The number of likely N-dealkylation sites (N-methyl/N-ethyl adjacent to an activating group) is 1. The first kappa shape index (κ1) is 14.5. The first-order valence-corrected chi connectivity index (χ1v) is 5.82. The molecule has 5 nitrogen and oxygen atoms in total. The Morgan fingerprint density at radius 1 is 1.33 bits per heavy atom. The molecular formula is C12H17NO4S. The van der Waals surface area contributed by atoms with Crippen molar-refractivity contribution in [1.82, 2.24) is 4.90 Å². The molecule has 0 radical (unpaired) electrons. The molecule has 0 fully saturated rings. The lowest BCUT2D eigenvalue weighted by Crippen LogP contribution is -2.26. The Labute approximate surface area is 112 Å². The minimum atomic E-state index is -0.948. The SMILES string of the molecule is COc1cc(S)c(CCN(C)C(=O)O)cc1OC. The fourth-order valence-corrected chi connectivity index (χ4v) is 1.79. The maximum atomic E-state index is 10.7. The van der Waals surface area contributed by atoms with E-state index in [4.69, 9.17) is 14.6 Å². The highest BCUT2D eigenvalue weighted by molar-refractivity contribution is 7.80. The molecule has 1 amide bonds.